The Hall–Kier alpha value is -0.720. The van der Waals surface area contributed by atoms with Gasteiger partial charge in [-0.1, -0.05) is 142 Å². The molecule has 0 radical (unpaired) electrons. The van der Waals surface area contributed by atoms with Crippen molar-refractivity contribution < 1.29 is 18.9 Å². The molecular formula is C57H103NO4. The van der Waals surface area contributed by atoms with Gasteiger partial charge in [-0.05, 0) is 156 Å². The van der Waals surface area contributed by atoms with Crippen LogP contribution in [0.3, 0.4) is 0 Å². The number of fused-ring (bicyclic) bond motifs is 5. The van der Waals surface area contributed by atoms with Crippen molar-refractivity contribution in [2.45, 2.75) is 240 Å². The summed E-state index contributed by atoms with van der Waals surface area (Å²) in [6.07, 6.45) is 44.4. The molecule has 4 aliphatic carbocycles. The van der Waals surface area contributed by atoms with Crippen molar-refractivity contribution in [3.05, 3.63) is 23.8 Å². The largest absolute Gasteiger partial charge is 0.379 e. The van der Waals surface area contributed by atoms with E-state index in [-0.39, 0.29) is 6.10 Å². The van der Waals surface area contributed by atoms with Crippen LogP contribution in [0.5, 0.6) is 0 Å². The summed E-state index contributed by atoms with van der Waals surface area (Å²) in [6, 6.07) is 0.644. The Morgan fingerprint density at radius 1 is 0.726 bits per heavy atom. The van der Waals surface area contributed by atoms with Crippen LogP contribution < -0.4 is 0 Å². The van der Waals surface area contributed by atoms with Crippen LogP contribution in [0.15, 0.2) is 23.8 Å². The summed E-state index contributed by atoms with van der Waals surface area (Å²) in [4.78, 5) is 2.59. The summed E-state index contributed by atoms with van der Waals surface area (Å²) in [7, 11) is 0. The van der Waals surface area contributed by atoms with Gasteiger partial charge in [-0.25, -0.2) is 0 Å². The van der Waals surface area contributed by atoms with Crippen molar-refractivity contribution in [3.63, 3.8) is 0 Å². The van der Waals surface area contributed by atoms with Crippen molar-refractivity contribution in [3.8, 4) is 0 Å². The molecule has 4 fully saturated rings. The van der Waals surface area contributed by atoms with Crippen LogP contribution in [0.25, 0.3) is 0 Å². The summed E-state index contributed by atoms with van der Waals surface area (Å²) < 4.78 is 25.3. The van der Waals surface area contributed by atoms with E-state index in [1.54, 1.807) is 5.57 Å². The zero-order valence-electron chi connectivity index (χ0n) is 42.3. The van der Waals surface area contributed by atoms with E-state index in [2.05, 4.69) is 71.6 Å². The van der Waals surface area contributed by atoms with Crippen LogP contribution in [0.2, 0.25) is 0 Å². The molecule has 3 saturated carbocycles. The molecule has 0 aromatic carbocycles. The maximum Gasteiger partial charge on any atom is 0.0936 e. The van der Waals surface area contributed by atoms with Gasteiger partial charge in [-0.15, -0.1) is 0 Å². The van der Waals surface area contributed by atoms with Crippen molar-refractivity contribution in [2.75, 3.05) is 52.7 Å². The fourth-order valence-electron chi connectivity index (χ4n) is 13.8. The minimum Gasteiger partial charge on any atom is -0.379 e. The van der Waals surface area contributed by atoms with Gasteiger partial charge in [0.25, 0.3) is 0 Å². The minimum absolute atomic E-state index is 0.112. The highest BCUT2D eigenvalue weighted by Gasteiger charge is 2.59. The maximum absolute atomic E-state index is 6.52. The number of nitrogens with zero attached hydrogens (tertiary/aromatic N) is 1. The van der Waals surface area contributed by atoms with Gasteiger partial charge < -0.3 is 18.9 Å². The molecule has 62 heavy (non-hydrogen) atoms. The van der Waals surface area contributed by atoms with Crippen molar-refractivity contribution in [1.82, 2.24) is 4.90 Å². The molecule has 0 N–H and O–H groups in total. The summed E-state index contributed by atoms with van der Waals surface area (Å²) in [5.41, 5.74) is 2.68. The zero-order chi connectivity index (χ0) is 44.0. The lowest BCUT2D eigenvalue weighted by molar-refractivity contribution is -0.0736. The van der Waals surface area contributed by atoms with Crippen LogP contribution in [0.1, 0.15) is 222 Å². The number of ether oxygens (including phenoxy) is 4. The second kappa shape index (κ2) is 28.5. The fourth-order valence-corrected chi connectivity index (χ4v) is 13.8. The van der Waals surface area contributed by atoms with Gasteiger partial charge >= 0.3 is 0 Å². The first-order valence-electron chi connectivity index (χ1n) is 27.6. The van der Waals surface area contributed by atoms with Crippen LogP contribution in [-0.2, 0) is 18.9 Å². The highest BCUT2D eigenvalue weighted by molar-refractivity contribution is 5.25. The predicted octanol–water partition coefficient (Wildman–Crippen LogP) is 15.4. The van der Waals surface area contributed by atoms with Crippen molar-refractivity contribution in [2.24, 2.45) is 46.3 Å². The van der Waals surface area contributed by atoms with E-state index >= 15 is 0 Å². The quantitative estimate of drug-likeness (QED) is 0.0485. The topological polar surface area (TPSA) is 40.2 Å². The second-order valence-electron chi connectivity index (χ2n) is 22.6. The molecule has 5 aliphatic rings. The molecular weight excluding hydrogens is 763 g/mol. The van der Waals surface area contributed by atoms with Gasteiger partial charge in [0, 0.05) is 19.2 Å². The Morgan fingerprint density at radius 2 is 1.45 bits per heavy atom. The third kappa shape index (κ3) is 16.3. The molecule has 5 rings (SSSR count). The fraction of sp³-hybridized carbons (Fsp3) is 0.930. The highest BCUT2D eigenvalue weighted by Crippen LogP contribution is 2.67. The van der Waals surface area contributed by atoms with E-state index in [0.29, 0.717) is 56.0 Å². The van der Waals surface area contributed by atoms with Crippen molar-refractivity contribution in [1.29, 1.82) is 0 Å². The smallest absolute Gasteiger partial charge is 0.0936 e. The normalized spacial score (nSPS) is 31.1. The molecule has 1 heterocycles. The van der Waals surface area contributed by atoms with Gasteiger partial charge in [0.2, 0.25) is 0 Å². The summed E-state index contributed by atoms with van der Waals surface area (Å²) in [6.45, 7) is 23.7. The monoisotopic (exact) mass is 866 g/mol. The average Bonchev–Trinajstić information content (AvgIpc) is 3.83. The van der Waals surface area contributed by atoms with Crippen molar-refractivity contribution >= 4 is 0 Å². The Balaban J connectivity index is 0.909. The number of unbranched alkanes of at least 4 members (excludes halogenated alkanes) is 12. The minimum atomic E-state index is 0.112. The standard InChI is InChI=1S/C57H103NO4/c1-8-9-10-11-12-13-14-15-16-17-18-19-20-21-22-23-38-60-45-51(44-58-37-25-28-48(58)5)62-42-40-59-39-41-61-50-33-35-56(6)49(43-50)29-30-52-54-32-31-53(47(4)27-24-26-46(2)3)57(54,7)36-34-55(52)56/h15-16,29,46-48,50-55H,8-14,17-28,30-45H2,1-7H3/b16-15-/t47-,48?,50+,51?,52+,53-,54+,55+,56+,57-/m1/s1. The average molecular weight is 866 g/mol. The SMILES string of the molecule is CCCCCCCC/C=C\CCCCCCCCOCC(CN1CCCC1C)OCCOCCO[C@H]1CC[C@@]2(C)C(=CC[C@H]3[C@@H]4CC[C@H]([C@H](C)CCCC(C)C)[C@@]4(C)CC[C@@H]32)C1. The van der Waals surface area contributed by atoms with Gasteiger partial charge in [0.05, 0.1) is 45.2 Å². The molecule has 0 aromatic heterocycles. The lowest BCUT2D eigenvalue weighted by atomic mass is 9.47. The molecule has 1 aliphatic heterocycles. The lowest BCUT2D eigenvalue weighted by Gasteiger charge is -2.58. The molecule has 360 valence electrons. The van der Waals surface area contributed by atoms with Crippen LogP contribution >= 0.6 is 0 Å². The first-order valence-corrected chi connectivity index (χ1v) is 27.6. The summed E-state index contributed by atoms with van der Waals surface area (Å²) >= 11 is 0. The molecule has 2 unspecified atom stereocenters. The van der Waals surface area contributed by atoms with E-state index in [1.165, 1.54) is 167 Å². The van der Waals surface area contributed by atoms with Gasteiger partial charge in [0.1, 0.15) is 0 Å². The maximum atomic E-state index is 6.52. The van der Waals surface area contributed by atoms with Crippen LogP contribution in [-0.4, -0.2) is 75.9 Å². The number of likely N-dealkylation sites (tertiary alicyclic amines) is 1. The molecule has 0 spiro atoms. The zero-order valence-corrected chi connectivity index (χ0v) is 42.3. The first kappa shape index (κ1) is 52.3. The molecule has 5 nitrogen and oxygen atoms in total. The molecule has 1 saturated heterocycles. The molecule has 0 amide bonds. The number of rotatable bonds is 33. The third-order valence-corrected chi connectivity index (χ3v) is 17.7. The number of allylic oxidation sites excluding steroid dienone is 3. The first-order chi connectivity index (χ1) is 30.2. The molecule has 0 bridgehead atoms. The van der Waals surface area contributed by atoms with E-state index < -0.39 is 0 Å². The van der Waals surface area contributed by atoms with Gasteiger partial charge in [-0.2, -0.15) is 0 Å². The lowest BCUT2D eigenvalue weighted by Crippen LogP contribution is -2.51. The van der Waals surface area contributed by atoms with Crippen LogP contribution in [0, 0.1) is 46.3 Å². The molecule has 5 heteroatoms. The van der Waals surface area contributed by atoms with E-state index in [9.17, 15) is 0 Å². The Labute approximate surface area is 385 Å². The predicted molar refractivity (Wildman–Crippen MR) is 264 cm³/mol. The molecule has 10 atom stereocenters. The van der Waals surface area contributed by atoms with E-state index in [1.807, 2.05) is 0 Å². The Bertz CT molecular complexity index is 1250. The summed E-state index contributed by atoms with van der Waals surface area (Å²) in [5.74, 6) is 5.37. The van der Waals surface area contributed by atoms with Crippen LogP contribution in [0.4, 0.5) is 0 Å². The van der Waals surface area contributed by atoms with Gasteiger partial charge in [0.15, 0.2) is 0 Å². The Kier molecular flexibility index (Phi) is 24.0. The number of hydrogen-bond acceptors (Lipinski definition) is 5. The van der Waals surface area contributed by atoms with Gasteiger partial charge in [-0.3, -0.25) is 4.90 Å². The Morgan fingerprint density at radius 3 is 2.18 bits per heavy atom. The third-order valence-electron chi connectivity index (χ3n) is 17.7. The summed E-state index contributed by atoms with van der Waals surface area (Å²) in [5, 5.41) is 0. The second-order valence-corrected chi connectivity index (χ2v) is 22.6. The highest BCUT2D eigenvalue weighted by atomic mass is 16.6. The number of hydrogen-bond donors (Lipinski definition) is 0. The van der Waals surface area contributed by atoms with E-state index in [0.717, 1.165) is 61.5 Å². The van der Waals surface area contributed by atoms with E-state index in [4.69, 9.17) is 18.9 Å². The molecule has 0 aromatic rings.